The van der Waals surface area contributed by atoms with Gasteiger partial charge in [-0.3, -0.25) is 4.79 Å². The highest BCUT2D eigenvalue weighted by Crippen LogP contribution is 2.26. The molecule has 0 bridgehead atoms. The number of anilines is 2. The highest BCUT2D eigenvalue weighted by Gasteiger charge is 2.30. The fraction of sp³-hybridized carbons (Fsp3) is 0.200. The summed E-state index contributed by atoms with van der Waals surface area (Å²) < 4.78 is 40.4. The molecule has 1 unspecified atom stereocenters. The molecule has 0 aliphatic rings. The van der Waals surface area contributed by atoms with Gasteiger partial charge in [0.2, 0.25) is 5.91 Å². The molecule has 5 nitrogen and oxygen atoms in total. The zero-order valence-corrected chi connectivity index (χ0v) is 16.2. The highest BCUT2D eigenvalue weighted by atomic mass is 32.1. The van der Waals surface area contributed by atoms with Crippen LogP contribution < -0.4 is 15.4 Å². The molecule has 29 heavy (non-hydrogen) atoms. The molecule has 2 aromatic carbocycles. The average molecular weight is 421 g/mol. The van der Waals surface area contributed by atoms with E-state index >= 15 is 0 Å². The maximum atomic E-state index is 12.2. The van der Waals surface area contributed by atoms with Crippen LogP contribution in [0, 0.1) is 0 Å². The first-order chi connectivity index (χ1) is 13.8. The Kier molecular flexibility index (Phi) is 6.38. The number of carbonyl (C=O) groups is 1. The van der Waals surface area contributed by atoms with Crippen LogP contribution in [0.3, 0.4) is 0 Å². The molecular weight excluding hydrogens is 403 g/mol. The van der Waals surface area contributed by atoms with Crippen molar-refractivity contribution >= 4 is 28.1 Å². The van der Waals surface area contributed by atoms with Crippen molar-refractivity contribution in [3.05, 3.63) is 71.2 Å². The minimum absolute atomic E-state index is 0.114. The largest absolute Gasteiger partial charge is 0.573 e. The van der Waals surface area contributed by atoms with Gasteiger partial charge in [-0.25, -0.2) is 4.98 Å². The normalized spacial score (nSPS) is 12.3. The molecule has 2 N–H and O–H groups in total. The average Bonchev–Trinajstić information content (AvgIpc) is 3.09. The van der Waals surface area contributed by atoms with Crippen molar-refractivity contribution in [2.45, 2.75) is 25.7 Å². The first kappa shape index (κ1) is 20.7. The topological polar surface area (TPSA) is 63.2 Å². The van der Waals surface area contributed by atoms with Crippen LogP contribution in [0.4, 0.5) is 24.0 Å². The molecule has 1 atom stereocenters. The van der Waals surface area contributed by atoms with E-state index in [2.05, 4.69) is 20.4 Å². The van der Waals surface area contributed by atoms with E-state index in [0.717, 1.165) is 5.56 Å². The van der Waals surface area contributed by atoms with Gasteiger partial charge < -0.3 is 15.4 Å². The molecule has 0 aliphatic heterocycles. The number of nitrogens with zero attached hydrogens (tertiary/aromatic N) is 1. The Morgan fingerprint density at radius 3 is 2.48 bits per heavy atom. The number of thiazole rings is 1. The van der Waals surface area contributed by atoms with Crippen molar-refractivity contribution in [3.8, 4) is 5.75 Å². The van der Waals surface area contributed by atoms with Gasteiger partial charge in [-0.2, -0.15) is 0 Å². The number of aromatic nitrogens is 1. The molecule has 9 heteroatoms. The lowest BCUT2D eigenvalue weighted by Crippen LogP contribution is -2.28. The van der Waals surface area contributed by atoms with E-state index in [9.17, 15) is 18.0 Å². The van der Waals surface area contributed by atoms with Gasteiger partial charge in [0.25, 0.3) is 0 Å². The Balaban J connectivity index is 1.53. The Morgan fingerprint density at radius 2 is 1.83 bits per heavy atom. The molecule has 0 saturated heterocycles. The summed E-state index contributed by atoms with van der Waals surface area (Å²) in [7, 11) is 0. The summed E-state index contributed by atoms with van der Waals surface area (Å²) in [5.74, 6) is -0.445. The zero-order chi connectivity index (χ0) is 20.9. The number of hydrogen-bond acceptors (Lipinski definition) is 5. The third-order valence-corrected chi connectivity index (χ3v) is 4.72. The molecule has 0 radical (unpaired) electrons. The summed E-state index contributed by atoms with van der Waals surface area (Å²) in [4.78, 5) is 16.6. The van der Waals surface area contributed by atoms with Crippen LogP contribution >= 0.6 is 11.3 Å². The Morgan fingerprint density at radius 1 is 1.14 bits per heavy atom. The van der Waals surface area contributed by atoms with Gasteiger partial charge in [0.05, 0.1) is 18.2 Å². The van der Waals surface area contributed by atoms with Crippen LogP contribution in [-0.4, -0.2) is 17.3 Å². The minimum Gasteiger partial charge on any atom is -0.406 e. The second-order valence-electron chi connectivity index (χ2n) is 6.22. The predicted molar refractivity (Wildman–Crippen MR) is 105 cm³/mol. The van der Waals surface area contributed by atoms with Crippen molar-refractivity contribution in [1.82, 2.24) is 10.3 Å². The SMILES string of the molecule is CC(NC(=O)Cc1csc(Nc2ccc(OC(F)(F)F)cc2)n1)c1ccccc1. The van der Waals surface area contributed by atoms with E-state index in [1.165, 1.54) is 35.6 Å². The van der Waals surface area contributed by atoms with E-state index in [4.69, 9.17) is 0 Å². The van der Waals surface area contributed by atoms with E-state index in [1.54, 1.807) is 5.38 Å². The summed E-state index contributed by atoms with van der Waals surface area (Å²) in [5.41, 5.74) is 2.18. The quantitative estimate of drug-likeness (QED) is 0.550. The molecule has 152 valence electrons. The molecular formula is C20H18F3N3O2S. The minimum atomic E-state index is -4.72. The van der Waals surface area contributed by atoms with Gasteiger partial charge in [-0.05, 0) is 36.8 Å². The van der Waals surface area contributed by atoms with Crippen LogP contribution in [-0.2, 0) is 11.2 Å². The van der Waals surface area contributed by atoms with Crippen molar-refractivity contribution in [2.24, 2.45) is 0 Å². The number of nitrogens with one attached hydrogen (secondary N) is 2. The van der Waals surface area contributed by atoms with Gasteiger partial charge in [-0.1, -0.05) is 30.3 Å². The van der Waals surface area contributed by atoms with Crippen molar-refractivity contribution in [2.75, 3.05) is 5.32 Å². The third kappa shape index (κ3) is 6.49. The maximum absolute atomic E-state index is 12.2. The lowest BCUT2D eigenvalue weighted by atomic mass is 10.1. The fourth-order valence-electron chi connectivity index (χ4n) is 2.59. The molecule has 0 aliphatic carbocycles. The summed E-state index contributed by atoms with van der Waals surface area (Å²) >= 11 is 1.30. The van der Waals surface area contributed by atoms with Crippen molar-refractivity contribution < 1.29 is 22.7 Å². The number of halogens is 3. The van der Waals surface area contributed by atoms with Crippen LogP contribution in [0.1, 0.15) is 24.2 Å². The standard InChI is InChI=1S/C20H18F3N3O2S/c1-13(14-5-3-2-4-6-14)24-18(27)11-16-12-29-19(26-16)25-15-7-9-17(10-8-15)28-20(21,22)23/h2-10,12-13H,11H2,1H3,(H,24,27)(H,25,26). The van der Waals surface area contributed by atoms with Crippen molar-refractivity contribution in [3.63, 3.8) is 0 Å². The van der Waals surface area contributed by atoms with Crippen LogP contribution in [0.5, 0.6) is 5.75 Å². The molecule has 0 saturated carbocycles. The van der Waals surface area contributed by atoms with Gasteiger partial charge >= 0.3 is 6.36 Å². The summed E-state index contributed by atoms with van der Waals surface area (Å²) in [5, 5.41) is 8.22. The Labute approximate surface area is 169 Å². The lowest BCUT2D eigenvalue weighted by molar-refractivity contribution is -0.274. The number of ether oxygens (including phenoxy) is 1. The second kappa shape index (κ2) is 8.95. The number of amides is 1. The number of hydrogen-bond donors (Lipinski definition) is 2. The van der Waals surface area contributed by atoms with E-state index in [-0.39, 0.29) is 24.1 Å². The first-order valence-corrected chi connectivity index (χ1v) is 9.58. The monoisotopic (exact) mass is 421 g/mol. The predicted octanol–water partition coefficient (Wildman–Crippen LogP) is 5.21. The van der Waals surface area contributed by atoms with Crippen molar-refractivity contribution in [1.29, 1.82) is 0 Å². The molecule has 0 fully saturated rings. The Hall–Kier alpha value is -3.07. The maximum Gasteiger partial charge on any atom is 0.573 e. The van der Waals surface area contributed by atoms with E-state index in [0.29, 0.717) is 16.5 Å². The summed E-state index contributed by atoms with van der Waals surface area (Å²) in [6, 6.07) is 14.9. The van der Waals surface area contributed by atoms with Gasteiger partial charge in [0.15, 0.2) is 5.13 Å². The molecule has 1 aromatic heterocycles. The summed E-state index contributed by atoms with van der Waals surface area (Å²) in [6.07, 6.45) is -4.59. The second-order valence-corrected chi connectivity index (χ2v) is 7.08. The van der Waals surface area contributed by atoms with Gasteiger partial charge in [0, 0.05) is 11.1 Å². The molecule has 3 aromatic rings. The van der Waals surface area contributed by atoms with E-state index in [1.807, 2.05) is 37.3 Å². The number of benzene rings is 2. The Bertz CT molecular complexity index is 944. The van der Waals surface area contributed by atoms with Crippen LogP contribution in [0.25, 0.3) is 0 Å². The number of rotatable bonds is 7. The van der Waals surface area contributed by atoms with Crippen LogP contribution in [0.15, 0.2) is 60.0 Å². The fourth-order valence-corrected chi connectivity index (χ4v) is 3.32. The zero-order valence-electron chi connectivity index (χ0n) is 15.4. The molecule has 3 rings (SSSR count). The lowest BCUT2D eigenvalue weighted by Gasteiger charge is -2.13. The summed E-state index contributed by atoms with van der Waals surface area (Å²) in [6.45, 7) is 1.91. The first-order valence-electron chi connectivity index (χ1n) is 8.70. The van der Waals surface area contributed by atoms with Gasteiger partial charge in [-0.15, -0.1) is 24.5 Å². The van der Waals surface area contributed by atoms with Crippen LogP contribution in [0.2, 0.25) is 0 Å². The van der Waals surface area contributed by atoms with Gasteiger partial charge in [0.1, 0.15) is 5.75 Å². The number of alkyl halides is 3. The number of carbonyl (C=O) groups excluding carboxylic acids is 1. The third-order valence-electron chi connectivity index (χ3n) is 3.91. The molecule has 1 heterocycles. The highest BCUT2D eigenvalue weighted by molar-refractivity contribution is 7.13. The smallest absolute Gasteiger partial charge is 0.406 e. The van der Waals surface area contributed by atoms with E-state index < -0.39 is 6.36 Å². The molecule has 0 spiro atoms. The molecule has 1 amide bonds.